The summed E-state index contributed by atoms with van der Waals surface area (Å²) in [7, 11) is 1.58. The number of benzene rings is 2. The normalized spacial score (nSPS) is 11.8. The second-order valence-electron chi connectivity index (χ2n) is 4.23. The minimum atomic E-state index is -4.32. The van der Waals surface area contributed by atoms with E-state index in [9.17, 15) is 13.2 Å². The van der Waals surface area contributed by atoms with E-state index in [0.29, 0.717) is 5.56 Å². The monoisotopic (exact) mass is 278 g/mol. The molecule has 2 aromatic carbocycles. The quantitative estimate of drug-likeness (QED) is 0.727. The average molecular weight is 278 g/mol. The number of alkyl halides is 3. The summed E-state index contributed by atoms with van der Waals surface area (Å²) in [4.78, 5) is 0. The number of ether oxygens (including phenoxy) is 1. The molecule has 1 nitrogen and oxygen atoms in total. The number of rotatable bonds is 3. The van der Waals surface area contributed by atoms with Gasteiger partial charge < -0.3 is 4.74 Å². The third-order valence-corrected chi connectivity index (χ3v) is 2.80. The van der Waals surface area contributed by atoms with Crippen LogP contribution in [-0.2, 0) is 6.18 Å². The van der Waals surface area contributed by atoms with Crippen molar-refractivity contribution in [3.63, 3.8) is 0 Å². The lowest BCUT2D eigenvalue weighted by molar-refractivity contribution is -0.137. The molecule has 0 spiro atoms. The molecule has 0 saturated carbocycles. The van der Waals surface area contributed by atoms with Gasteiger partial charge in [0.15, 0.2) is 0 Å². The predicted molar refractivity (Wildman–Crippen MR) is 73.4 cm³/mol. The summed E-state index contributed by atoms with van der Waals surface area (Å²) < 4.78 is 42.8. The molecule has 4 heteroatoms. The summed E-state index contributed by atoms with van der Waals surface area (Å²) in [5.74, 6) is 0.737. The van der Waals surface area contributed by atoms with Crippen molar-refractivity contribution in [1.82, 2.24) is 0 Å². The molecular weight excluding hydrogens is 265 g/mol. The largest absolute Gasteiger partial charge is 0.497 e. The molecule has 0 fully saturated rings. The second-order valence-corrected chi connectivity index (χ2v) is 4.23. The van der Waals surface area contributed by atoms with Gasteiger partial charge in [-0.05, 0) is 35.4 Å². The van der Waals surface area contributed by atoms with Gasteiger partial charge in [0.1, 0.15) is 5.75 Å². The van der Waals surface area contributed by atoms with Crippen LogP contribution in [0.3, 0.4) is 0 Å². The minimum Gasteiger partial charge on any atom is -0.497 e. The summed E-state index contributed by atoms with van der Waals surface area (Å²) in [5.41, 5.74) is 0.758. The number of hydrogen-bond donors (Lipinski definition) is 0. The van der Waals surface area contributed by atoms with Gasteiger partial charge in [-0.1, -0.05) is 36.4 Å². The molecule has 0 bridgehead atoms. The van der Waals surface area contributed by atoms with Crippen molar-refractivity contribution in [2.45, 2.75) is 6.18 Å². The van der Waals surface area contributed by atoms with Crippen molar-refractivity contribution in [3.05, 3.63) is 65.2 Å². The standard InChI is InChI=1S/C16H13F3O/c1-20-15-9-7-12(8-10-15)5-6-13-3-2-4-14(11-13)16(17,18)19/h2-11H,1H3/b6-5+. The Balaban J connectivity index is 2.18. The van der Waals surface area contributed by atoms with Crippen molar-refractivity contribution >= 4 is 12.2 Å². The van der Waals surface area contributed by atoms with Crippen molar-refractivity contribution in [1.29, 1.82) is 0 Å². The second kappa shape index (κ2) is 5.82. The summed E-state index contributed by atoms with van der Waals surface area (Å²) >= 11 is 0. The van der Waals surface area contributed by atoms with Crippen molar-refractivity contribution in [2.75, 3.05) is 7.11 Å². The molecule has 0 amide bonds. The van der Waals surface area contributed by atoms with Crippen LogP contribution < -0.4 is 4.74 Å². The molecule has 0 atom stereocenters. The summed E-state index contributed by atoms with van der Waals surface area (Å²) in [6, 6.07) is 12.5. The molecule has 0 aliphatic carbocycles. The lowest BCUT2D eigenvalue weighted by Gasteiger charge is -2.06. The fourth-order valence-electron chi connectivity index (χ4n) is 1.73. The van der Waals surface area contributed by atoms with Crippen LogP contribution in [0.25, 0.3) is 12.2 Å². The van der Waals surface area contributed by atoms with Gasteiger partial charge in [-0.3, -0.25) is 0 Å². The average Bonchev–Trinajstić information content (AvgIpc) is 2.45. The van der Waals surface area contributed by atoms with Crippen LogP contribution in [0.1, 0.15) is 16.7 Å². The van der Waals surface area contributed by atoms with E-state index in [1.807, 2.05) is 12.1 Å². The Bertz CT molecular complexity index is 598. The zero-order chi connectivity index (χ0) is 14.6. The van der Waals surface area contributed by atoms with Gasteiger partial charge in [-0.15, -0.1) is 0 Å². The van der Waals surface area contributed by atoms with Gasteiger partial charge >= 0.3 is 6.18 Å². The van der Waals surface area contributed by atoms with Gasteiger partial charge in [0, 0.05) is 0 Å². The van der Waals surface area contributed by atoms with Crippen LogP contribution in [0.15, 0.2) is 48.5 Å². The first kappa shape index (κ1) is 14.2. The zero-order valence-corrected chi connectivity index (χ0v) is 10.8. The Morgan fingerprint density at radius 1 is 0.900 bits per heavy atom. The Morgan fingerprint density at radius 2 is 1.55 bits per heavy atom. The van der Waals surface area contributed by atoms with E-state index in [-0.39, 0.29) is 0 Å². The van der Waals surface area contributed by atoms with E-state index in [1.165, 1.54) is 6.07 Å². The topological polar surface area (TPSA) is 9.23 Å². The molecule has 0 aliphatic rings. The third-order valence-electron chi connectivity index (χ3n) is 2.80. The molecule has 0 saturated heterocycles. The van der Waals surface area contributed by atoms with Crippen LogP contribution in [-0.4, -0.2) is 7.11 Å². The van der Waals surface area contributed by atoms with E-state index in [2.05, 4.69) is 0 Å². The zero-order valence-electron chi connectivity index (χ0n) is 10.8. The van der Waals surface area contributed by atoms with Crippen molar-refractivity contribution < 1.29 is 17.9 Å². The SMILES string of the molecule is COc1ccc(/C=C/c2cccc(C(F)(F)F)c2)cc1. The molecule has 20 heavy (non-hydrogen) atoms. The molecule has 104 valence electrons. The summed E-state index contributed by atoms with van der Waals surface area (Å²) in [5, 5.41) is 0. The highest BCUT2D eigenvalue weighted by Crippen LogP contribution is 2.29. The van der Waals surface area contributed by atoms with Crippen LogP contribution >= 0.6 is 0 Å². The Kier molecular flexibility index (Phi) is 4.13. The smallest absolute Gasteiger partial charge is 0.416 e. The van der Waals surface area contributed by atoms with E-state index < -0.39 is 11.7 Å². The molecular formula is C16H13F3O. The molecule has 2 aromatic rings. The predicted octanol–water partition coefficient (Wildman–Crippen LogP) is 4.88. The summed E-state index contributed by atoms with van der Waals surface area (Å²) in [6.07, 6.45) is -0.907. The highest BCUT2D eigenvalue weighted by molar-refractivity contribution is 5.70. The van der Waals surface area contributed by atoms with Crippen LogP contribution in [0.2, 0.25) is 0 Å². The van der Waals surface area contributed by atoms with E-state index in [0.717, 1.165) is 23.4 Å². The van der Waals surface area contributed by atoms with E-state index in [1.54, 1.807) is 37.5 Å². The van der Waals surface area contributed by atoms with Crippen molar-refractivity contribution in [3.8, 4) is 5.75 Å². The Hall–Kier alpha value is -2.23. The van der Waals surface area contributed by atoms with Gasteiger partial charge in [0.05, 0.1) is 12.7 Å². The molecule has 0 radical (unpaired) electrons. The molecule has 0 unspecified atom stereocenters. The molecule has 0 heterocycles. The molecule has 2 rings (SSSR count). The lowest BCUT2D eigenvalue weighted by atomic mass is 10.1. The van der Waals surface area contributed by atoms with Crippen LogP contribution in [0.5, 0.6) is 5.75 Å². The van der Waals surface area contributed by atoms with Gasteiger partial charge in [-0.25, -0.2) is 0 Å². The fraction of sp³-hybridized carbons (Fsp3) is 0.125. The Morgan fingerprint density at radius 3 is 2.15 bits per heavy atom. The number of methoxy groups -OCH3 is 1. The molecule has 0 aliphatic heterocycles. The third kappa shape index (κ3) is 3.63. The summed E-state index contributed by atoms with van der Waals surface area (Å²) in [6.45, 7) is 0. The lowest BCUT2D eigenvalue weighted by Crippen LogP contribution is -2.04. The maximum absolute atomic E-state index is 12.6. The number of halogens is 3. The van der Waals surface area contributed by atoms with Gasteiger partial charge in [0.2, 0.25) is 0 Å². The van der Waals surface area contributed by atoms with Crippen LogP contribution in [0, 0.1) is 0 Å². The first-order valence-corrected chi connectivity index (χ1v) is 5.98. The van der Waals surface area contributed by atoms with Crippen LogP contribution in [0.4, 0.5) is 13.2 Å². The van der Waals surface area contributed by atoms with E-state index >= 15 is 0 Å². The van der Waals surface area contributed by atoms with Crippen molar-refractivity contribution in [2.24, 2.45) is 0 Å². The van der Waals surface area contributed by atoms with Gasteiger partial charge in [-0.2, -0.15) is 13.2 Å². The first-order valence-electron chi connectivity index (χ1n) is 5.98. The highest BCUT2D eigenvalue weighted by atomic mass is 19.4. The maximum atomic E-state index is 12.6. The van der Waals surface area contributed by atoms with E-state index in [4.69, 9.17) is 4.74 Å². The molecule has 0 N–H and O–H groups in total. The first-order chi connectivity index (χ1) is 9.49. The minimum absolute atomic E-state index is 0.510. The Labute approximate surface area is 115 Å². The van der Waals surface area contributed by atoms with Gasteiger partial charge in [0.25, 0.3) is 0 Å². The highest BCUT2D eigenvalue weighted by Gasteiger charge is 2.30. The molecule has 0 aromatic heterocycles. The number of hydrogen-bond acceptors (Lipinski definition) is 1. The fourth-order valence-corrected chi connectivity index (χ4v) is 1.73. The maximum Gasteiger partial charge on any atom is 0.416 e.